The summed E-state index contributed by atoms with van der Waals surface area (Å²) in [6.45, 7) is 0.783. The van der Waals surface area contributed by atoms with E-state index in [2.05, 4.69) is 23.1 Å². The van der Waals surface area contributed by atoms with E-state index in [-0.39, 0.29) is 5.84 Å². The number of rotatable bonds is 5. The number of anilines is 1. The number of aromatic nitrogens is 1. The molecular formula is C15H18N4. The van der Waals surface area contributed by atoms with Gasteiger partial charge in [0.25, 0.3) is 0 Å². The predicted octanol–water partition coefficient (Wildman–Crippen LogP) is 2.53. The Hall–Kier alpha value is -2.10. The maximum Gasteiger partial charge on any atom is 0.129 e. The second kappa shape index (κ2) is 4.88. The van der Waals surface area contributed by atoms with Gasteiger partial charge >= 0.3 is 0 Å². The van der Waals surface area contributed by atoms with Crippen molar-refractivity contribution in [3.63, 3.8) is 0 Å². The molecule has 3 N–H and O–H groups in total. The Labute approximate surface area is 112 Å². The lowest BCUT2D eigenvalue weighted by Gasteiger charge is -2.23. The lowest BCUT2D eigenvalue weighted by atomic mass is 10.2. The average molecular weight is 254 g/mol. The van der Waals surface area contributed by atoms with Crippen LogP contribution in [-0.2, 0) is 0 Å². The van der Waals surface area contributed by atoms with Gasteiger partial charge in [-0.3, -0.25) is 5.41 Å². The number of nitrogens with one attached hydrogen (secondary N) is 1. The molecule has 3 rings (SSSR count). The lowest BCUT2D eigenvalue weighted by Crippen LogP contribution is -2.30. The first-order valence-electron chi connectivity index (χ1n) is 6.69. The van der Waals surface area contributed by atoms with Crippen LogP contribution in [0, 0.1) is 5.41 Å². The van der Waals surface area contributed by atoms with Crippen molar-refractivity contribution >= 4 is 22.6 Å². The van der Waals surface area contributed by atoms with Crippen molar-refractivity contribution in [3.05, 3.63) is 36.4 Å². The molecule has 1 aromatic heterocycles. The molecule has 0 bridgehead atoms. The van der Waals surface area contributed by atoms with Gasteiger partial charge in [0.05, 0.1) is 11.4 Å². The number of hydrogen-bond acceptors (Lipinski definition) is 3. The van der Waals surface area contributed by atoms with E-state index in [0.717, 1.165) is 23.3 Å². The zero-order valence-electron chi connectivity index (χ0n) is 10.8. The van der Waals surface area contributed by atoms with Gasteiger partial charge in [0.2, 0.25) is 0 Å². The van der Waals surface area contributed by atoms with Gasteiger partial charge in [-0.2, -0.15) is 0 Å². The topological polar surface area (TPSA) is 66.0 Å². The summed E-state index contributed by atoms with van der Waals surface area (Å²) < 4.78 is 0. The molecule has 1 heterocycles. The molecule has 2 aromatic rings. The summed E-state index contributed by atoms with van der Waals surface area (Å²) in [4.78, 5) is 7.01. The third-order valence-corrected chi connectivity index (χ3v) is 3.49. The van der Waals surface area contributed by atoms with Crippen LogP contribution in [0.5, 0.6) is 0 Å². The fraction of sp³-hybridized carbons (Fsp3) is 0.333. The molecule has 4 heteroatoms. The van der Waals surface area contributed by atoms with E-state index in [1.165, 1.54) is 12.8 Å². The number of pyridine rings is 1. The van der Waals surface area contributed by atoms with Gasteiger partial charge < -0.3 is 10.6 Å². The Morgan fingerprint density at radius 1 is 1.26 bits per heavy atom. The molecular weight excluding hydrogens is 236 g/mol. The number of fused-ring (bicyclic) bond motifs is 1. The minimum absolute atomic E-state index is 0.242. The van der Waals surface area contributed by atoms with Crippen LogP contribution in [0.2, 0.25) is 0 Å². The molecule has 0 spiro atoms. The van der Waals surface area contributed by atoms with Crippen molar-refractivity contribution in [2.75, 3.05) is 11.4 Å². The van der Waals surface area contributed by atoms with E-state index < -0.39 is 0 Å². The summed E-state index contributed by atoms with van der Waals surface area (Å²) in [5.41, 5.74) is 6.49. The number of amidine groups is 1. The van der Waals surface area contributed by atoms with Crippen LogP contribution in [0.4, 0.5) is 5.82 Å². The third-order valence-electron chi connectivity index (χ3n) is 3.49. The Morgan fingerprint density at radius 2 is 2.05 bits per heavy atom. The van der Waals surface area contributed by atoms with E-state index in [1.54, 1.807) is 0 Å². The summed E-state index contributed by atoms with van der Waals surface area (Å²) in [5, 5.41) is 8.53. The zero-order chi connectivity index (χ0) is 13.2. The van der Waals surface area contributed by atoms with Gasteiger partial charge in [-0.05, 0) is 31.0 Å². The third kappa shape index (κ3) is 2.67. The second-order valence-electron chi connectivity index (χ2n) is 5.06. The summed E-state index contributed by atoms with van der Waals surface area (Å²) >= 11 is 0. The van der Waals surface area contributed by atoms with Crippen LogP contribution in [-0.4, -0.2) is 23.4 Å². The number of nitrogens with two attached hydrogens (primary N) is 1. The van der Waals surface area contributed by atoms with E-state index >= 15 is 0 Å². The smallest absolute Gasteiger partial charge is 0.129 e. The number of para-hydroxylation sites is 1. The molecule has 0 atom stereocenters. The van der Waals surface area contributed by atoms with Crippen molar-refractivity contribution in [3.8, 4) is 0 Å². The van der Waals surface area contributed by atoms with Gasteiger partial charge in [0, 0.05) is 24.4 Å². The molecule has 1 fully saturated rings. The summed E-state index contributed by atoms with van der Waals surface area (Å²) in [5.74, 6) is 1.24. The molecule has 0 radical (unpaired) electrons. The van der Waals surface area contributed by atoms with Crippen molar-refractivity contribution < 1.29 is 0 Å². The molecule has 0 unspecified atom stereocenters. The molecule has 19 heavy (non-hydrogen) atoms. The summed E-state index contributed by atoms with van der Waals surface area (Å²) in [6, 6.07) is 12.9. The van der Waals surface area contributed by atoms with E-state index in [0.29, 0.717) is 12.5 Å². The van der Waals surface area contributed by atoms with Crippen molar-refractivity contribution in [2.24, 2.45) is 5.73 Å². The minimum Gasteiger partial charge on any atom is -0.388 e. The molecule has 1 aliphatic rings. The van der Waals surface area contributed by atoms with Crippen LogP contribution in [0.15, 0.2) is 36.4 Å². The first-order chi connectivity index (χ1) is 9.24. The highest BCUT2D eigenvalue weighted by atomic mass is 15.2. The lowest BCUT2D eigenvalue weighted by molar-refractivity contribution is 0.784. The SMILES string of the molecule is N=C(N)CCN(c1ccc2ccccc2n1)C1CC1. The van der Waals surface area contributed by atoms with Gasteiger partial charge in [0.15, 0.2) is 0 Å². The standard InChI is InChI=1S/C15H18N4/c16-14(17)9-10-19(12-6-7-12)15-8-5-11-3-1-2-4-13(11)18-15/h1-5,8,12H,6-7,9-10H2,(H3,16,17). The van der Waals surface area contributed by atoms with Crippen LogP contribution in [0.25, 0.3) is 10.9 Å². The summed E-state index contributed by atoms with van der Waals surface area (Å²) in [6.07, 6.45) is 3.03. The number of benzene rings is 1. The highest BCUT2D eigenvalue weighted by Crippen LogP contribution is 2.31. The quantitative estimate of drug-likeness (QED) is 0.636. The Balaban J connectivity index is 1.88. The molecule has 98 valence electrons. The fourth-order valence-corrected chi connectivity index (χ4v) is 2.33. The molecule has 4 nitrogen and oxygen atoms in total. The number of nitrogens with zero attached hydrogens (tertiary/aromatic N) is 2. The van der Waals surface area contributed by atoms with E-state index in [4.69, 9.17) is 16.1 Å². The molecule has 1 saturated carbocycles. The Bertz CT molecular complexity index is 604. The maximum absolute atomic E-state index is 7.37. The Morgan fingerprint density at radius 3 is 2.79 bits per heavy atom. The van der Waals surface area contributed by atoms with Gasteiger partial charge in [0.1, 0.15) is 5.82 Å². The van der Waals surface area contributed by atoms with E-state index in [9.17, 15) is 0 Å². The second-order valence-corrected chi connectivity index (χ2v) is 5.06. The van der Waals surface area contributed by atoms with Crippen molar-refractivity contribution in [1.29, 1.82) is 5.41 Å². The average Bonchev–Trinajstić information content (AvgIpc) is 3.23. The molecule has 1 aromatic carbocycles. The highest BCUT2D eigenvalue weighted by Gasteiger charge is 2.29. The normalized spacial score (nSPS) is 14.5. The van der Waals surface area contributed by atoms with Crippen LogP contribution in [0.3, 0.4) is 0 Å². The van der Waals surface area contributed by atoms with Gasteiger partial charge in [-0.25, -0.2) is 4.98 Å². The zero-order valence-corrected chi connectivity index (χ0v) is 10.8. The summed E-state index contributed by atoms with van der Waals surface area (Å²) in [7, 11) is 0. The number of hydrogen-bond donors (Lipinski definition) is 2. The van der Waals surface area contributed by atoms with Crippen molar-refractivity contribution in [2.45, 2.75) is 25.3 Å². The van der Waals surface area contributed by atoms with Gasteiger partial charge in [-0.1, -0.05) is 18.2 Å². The van der Waals surface area contributed by atoms with Gasteiger partial charge in [-0.15, -0.1) is 0 Å². The largest absolute Gasteiger partial charge is 0.388 e. The first-order valence-corrected chi connectivity index (χ1v) is 6.69. The predicted molar refractivity (Wildman–Crippen MR) is 78.6 cm³/mol. The maximum atomic E-state index is 7.37. The molecule has 0 saturated heterocycles. The van der Waals surface area contributed by atoms with Crippen molar-refractivity contribution in [1.82, 2.24) is 4.98 Å². The van der Waals surface area contributed by atoms with Crippen LogP contribution >= 0.6 is 0 Å². The van der Waals surface area contributed by atoms with Crippen LogP contribution < -0.4 is 10.6 Å². The minimum atomic E-state index is 0.242. The molecule has 0 amide bonds. The fourth-order valence-electron chi connectivity index (χ4n) is 2.33. The first kappa shape index (κ1) is 12.0. The monoisotopic (exact) mass is 254 g/mol. The highest BCUT2D eigenvalue weighted by molar-refractivity contribution is 5.80. The Kier molecular flexibility index (Phi) is 3.07. The molecule has 0 aliphatic heterocycles. The molecule has 1 aliphatic carbocycles. The van der Waals surface area contributed by atoms with E-state index in [1.807, 2.05) is 18.2 Å². The van der Waals surface area contributed by atoms with Crippen LogP contribution in [0.1, 0.15) is 19.3 Å².